The minimum absolute atomic E-state index is 0.844. The zero-order chi connectivity index (χ0) is 10.4. The van der Waals surface area contributed by atoms with Crippen molar-refractivity contribution in [1.29, 1.82) is 0 Å². The van der Waals surface area contributed by atoms with Crippen molar-refractivity contribution in [2.45, 2.75) is 54.2 Å². The van der Waals surface area contributed by atoms with Gasteiger partial charge in [-0.2, -0.15) is 0 Å². The van der Waals surface area contributed by atoms with Crippen LogP contribution in [0.1, 0.15) is 41.0 Å². The summed E-state index contributed by atoms with van der Waals surface area (Å²) in [6.07, 6.45) is 2.80. The van der Waals surface area contributed by atoms with E-state index in [0.717, 1.165) is 23.7 Å². The summed E-state index contributed by atoms with van der Waals surface area (Å²) in [6.45, 7) is 14.2. The molecule has 0 aliphatic heterocycles. The maximum atomic E-state index is 2.42. The Hall–Kier alpha value is 0.0649. The maximum Gasteiger partial charge on any atom is 0.117 e. The van der Waals surface area contributed by atoms with Gasteiger partial charge in [-0.05, 0) is 30.1 Å². The molecule has 0 aliphatic rings. The van der Waals surface area contributed by atoms with Crippen LogP contribution in [0.4, 0.5) is 0 Å². The van der Waals surface area contributed by atoms with Crippen LogP contribution in [0.25, 0.3) is 0 Å². The van der Waals surface area contributed by atoms with Crippen LogP contribution in [0, 0.1) is 23.7 Å². The van der Waals surface area contributed by atoms with E-state index in [1.54, 1.807) is 0 Å². The van der Waals surface area contributed by atoms with Crippen LogP contribution in [0.2, 0.25) is 13.1 Å². The van der Waals surface area contributed by atoms with Crippen LogP contribution in [0.3, 0.4) is 0 Å². The van der Waals surface area contributed by atoms with Gasteiger partial charge >= 0.3 is 0 Å². The Kier molecular flexibility index (Phi) is 6.54. The van der Waals surface area contributed by atoms with Crippen LogP contribution in [0.5, 0.6) is 0 Å². The molecule has 3 unspecified atom stereocenters. The van der Waals surface area contributed by atoms with Crippen LogP contribution in [-0.4, -0.2) is 7.28 Å². The van der Waals surface area contributed by atoms with Crippen LogP contribution < -0.4 is 0 Å². The van der Waals surface area contributed by atoms with E-state index in [2.05, 4.69) is 41.4 Å². The minimum Gasteiger partial charge on any atom is -0.0893 e. The molecular formula is C12H27B. The molecule has 3 atom stereocenters. The van der Waals surface area contributed by atoms with Crippen molar-refractivity contribution in [2.24, 2.45) is 23.7 Å². The summed E-state index contributed by atoms with van der Waals surface area (Å²) in [5.41, 5.74) is 0. The average molecular weight is 182 g/mol. The number of hydrogen-bond donors (Lipinski definition) is 0. The molecule has 0 saturated heterocycles. The molecule has 0 fully saturated rings. The lowest BCUT2D eigenvalue weighted by Crippen LogP contribution is -2.15. The van der Waals surface area contributed by atoms with Crippen molar-refractivity contribution >= 4 is 7.28 Å². The van der Waals surface area contributed by atoms with Gasteiger partial charge in [0.1, 0.15) is 7.28 Å². The molecule has 1 heteroatoms. The zero-order valence-corrected chi connectivity index (χ0v) is 10.4. The quantitative estimate of drug-likeness (QED) is 0.547. The lowest BCUT2D eigenvalue weighted by Gasteiger charge is -2.24. The molecular weight excluding hydrogens is 155 g/mol. The lowest BCUT2D eigenvalue weighted by molar-refractivity contribution is 0.283. The van der Waals surface area contributed by atoms with Gasteiger partial charge in [0.25, 0.3) is 0 Å². The van der Waals surface area contributed by atoms with Gasteiger partial charge in [0.2, 0.25) is 0 Å². The van der Waals surface area contributed by atoms with E-state index >= 15 is 0 Å². The first-order chi connectivity index (χ1) is 5.99. The molecule has 0 aliphatic carbocycles. The summed E-state index contributed by atoms with van der Waals surface area (Å²) in [5.74, 6) is 3.54. The summed E-state index contributed by atoms with van der Waals surface area (Å²) in [5, 5.41) is 0. The van der Waals surface area contributed by atoms with Gasteiger partial charge in [-0.3, -0.25) is 0 Å². The molecule has 0 radical (unpaired) electrons. The molecule has 0 N–H and O–H groups in total. The van der Waals surface area contributed by atoms with Crippen LogP contribution in [-0.2, 0) is 0 Å². The van der Waals surface area contributed by atoms with Crippen molar-refractivity contribution in [3.8, 4) is 0 Å². The second-order valence-corrected chi connectivity index (χ2v) is 5.20. The summed E-state index contributed by atoms with van der Waals surface area (Å²) < 4.78 is 0. The lowest BCUT2D eigenvalue weighted by atomic mass is 9.68. The topological polar surface area (TPSA) is 0 Å². The fourth-order valence-corrected chi connectivity index (χ4v) is 1.83. The van der Waals surface area contributed by atoms with Gasteiger partial charge < -0.3 is 0 Å². The highest BCUT2D eigenvalue weighted by molar-refractivity contribution is 6.33. The van der Waals surface area contributed by atoms with E-state index in [9.17, 15) is 0 Å². The first-order valence-electron chi connectivity index (χ1n) is 5.99. The van der Waals surface area contributed by atoms with E-state index in [1.807, 2.05) is 0 Å². The summed E-state index contributed by atoms with van der Waals surface area (Å²) in [4.78, 5) is 0. The Morgan fingerprint density at radius 3 is 1.77 bits per heavy atom. The Morgan fingerprint density at radius 1 is 0.846 bits per heavy atom. The van der Waals surface area contributed by atoms with Gasteiger partial charge in [0.15, 0.2) is 0 Å². The first kappa shape index (κ1) is 13.1. The van der Waals surface area contributed by atoms with E-state index in [0.29, 0.717) is 0 Å². The van der Waals surface area contributed by atoms with Gasteiger partial charge in [0, 0.05) is 0 Å². The maximum absolute atomic E-state index is 2.42. The van der Waals surface area contributed by atoms with Crippen LogP contribution >= 0.6 is 0 Å². The second kappa shape index (κ2) is 6.51. The van der Waals surface area contributed by atoms with Crippen molar-refractivity contribution in [3.05, 3.63) is 0 Å². The third-order valence-electron chi connectivity index (χ3n) is 3.60. The molecule has 0 heterocycles. The monoisotopic (exact) mass is 182 g/mol. The fourth-order valence-electron chi connectivity index (χ4n) is 1.83. The Labute approximate surface area is 85.7 Å². The highest BCUT2D eigenvalue weighted by atomic mass is 14.2. The van der Waals surface area contributed by atoms with Crippen LogP contribution in [0.15, 0.2) is 0 Å². The summed E-state index contributed by atoms with van der Waals surface area (Å²) in [7, 11) is 1.33. The highest BCUT2D eigenvalue weighted by Crippen LogP contribution is 2.26. The van der Waals surface area contributed by atoms with Crippen molar-refractivity contribution in [3.63, 3.8) is 0 Å². The van der Waals surface area contributed by atoms with E-state index in [4.69, 9.17) is 0 Å². The molecule has 0 aromatic heterocycles. The zero-order valence-electron chi connectivity index (χ0n) is 10.4. The SMILES string of the molecule is CBCC(C)C(C)CC(C)C(C)C. The minimum atomic E-state index is 0.844. The van der Waals surface area contributed by atoms with E-state index in [-0.39, 0.29) is 0 Å². The average Bonchev–Trinajstić information content (AvgIpc) is 2.04. The molecule has 78 valence electrons. The Morgan fingerprint density at radius 2 is 1.38 bits per heavy atom. The molecule has 0 amide bonds. The van der Waals surface area contributed by atoms with E-state index in [1.165, 1.54) is 20.0 Å². The predicted molar refractivity (Wildman–Crippen MR) is 64.8 cm³/mol. The highest BCUT2D eigenvalue weighted by Gasteiger charge is 2.16. The fraction of sp³-hybridized carbons (Fsp3) is 1.00. The molecule has 0 aromatic rings. The van der Waals surface area contributed by atoms with Gasteiger partial charge in [-0.25, -0.2) is 0 Å². The number of hydrogen-bond acceptors (Lipinski definition) is 0. The molecule has 0 aromatic carbocycles. The standard InChI is InChI=1S/C12H27B/c1-9(2)10(3)7-11(4)12(5)8-13-6/h9-13H,7-8H2,1-6H3. The van der Waals surface area contributed by atoms with Gasteiger partial charge in [0.05, 0.1) is 0 Å². The van der Waals surface area contributed by atoms with E-state index < -0.39 is 0 Å². The first-order valence-corrected chi connectivity index (χ1v) is 5.99. The normalized spacial score (nSPS) is 18.4. The Bertz CT molecular complexity index is 120. The molecule has 0 rings (SSSR count). The Balaban J connectivity index is 3.77. The van der Waals surface area contributed by atoms with Crippen molar-refractivity contribution in [1.82, 2.24) is 0 Å². The third kappa shape index (κ3) is 5.39. The molecule has 0 saturated carbocycles. The second-order valence-electron chi connectivity index (χ2n) is 5.20. The molecule has 0 spiro atoms. The summed E-state index contributed by atoms with van der Waals surface area (Å²) >= 11 is 0. The van der Waals surface area contributed by atoms with Gasteiger partial charge in [-0.1, -0.05) is 47.8 Å². The van der Waals surface area contributed by atoms with Crippen molar-refractivity contribution < 1.29 is 0 Å². The third-order valence-corrected chi connectivity index (χ3v) is 3.60. The van der Waals surface area contributed by atoms with Crippen molar-refractivity contribution in [2.75, 3.05) is 0 Å². The molecule has 0 nitrogen and oxygen atoms in total. The smallest absolute Gasteiger partial charge is 0.0893 e. The number of rotatable bonds is 6. The predicted octanol–water partition coefficient (Wildman–Crippen LogP) is 3.84. The summed E-state index contributed by atoms with van der Waals surface area (Å²) in [6, 6.07) is 0. The van der Waals surface area contributed by atoms with Gasteiger partial charge in [-0.15, -0.1) is 0 Å². The molecule has 13 heavy (non-hydrogen) atoms. The molecule has 0 bridgehead atoms. The largest absolute Gasteiger partial charge is 0.117 e.